The van der Waals surface area contributed by atoms with Crippen LogP contribution in [0.3, 0.4) is 0 Å². The summed E-state index contributed by atoms with van der Waals surface area (Å²) in [6.45, 7) is 3.98. The van der Waals surface area contributed by atoms with Gasteiger partial charge in [-0.1, -0.05) is 56.3 Å². The Kier molecular flexibility index (Phi) is 6.53. The minimum Gasteiger partial charge on any atom is -0.469 e. The minimum atomic E-state index is -0.584. The van der Waals surface area contributed by atoms with Crippen LogP contribution in [-0.4, -0.2) is 31.6 Å². The van der Waals surface area contributed by atoms with Gasteiger partial charge in [0.1, 0.15) is 0 Å². The minimum absolute atomic E-state index is 0.0389. The van der Waals surface area contributed by atoms with E-state index in [4.69, 9.17) is 10.5 Å². The molecule has 1 amide bonds. The van der Waals surface area contributed by atoms with Gasteiger partial charge in [-0.15, -0.1) is 0 Å². The van der Waals surface area contributed by atoms with E-state index < -0.39 is 12.0 Å². The number of esters is 1. The highest BCUT2D eigenvalue weighted by molar-refractivity contribution is 5.84. The molecule has 5 nitrogen and oxygen atoms in total. The van der Waals surface area contributed by atoms with E-state index in [0.717, 1.165) is 16.3 Å². The molecule has 0 radical (unpaired) electrons. The molecular weight excluding hydrogens is 316 g/mol. The molecule has 0 aliphatic rings. The van der Waals surface area contributed by atoms with Crippen LogP contribution in [0.25, 0.3) is 10.8 Å². The molecule has 2 aromatic rings. The van der Waals surface area contributed by atoms with Gasteiger partial charge in [-0.25, -0.2) is 0 Å². The fraction of sp³-hybridized carbons (Fsp3) is 0.400. The van der Waals surface area contributed by atoms with Gasteiger partial charge in [0.25, 0.3) is 0 Å². The van der Waals surface area contributed by atoms with Crippen molar-refractivity contribution in [3.8, 4) is 0 Å². The molecule has 0 fully saturated rings. The lowest BCUT2D eigenvalue weighted by Crippen LogP contribution is -2.46. The van der Waals surface area contributed by atoms with Crippen LogP contribution in [-0.2, 0) is 20.7 Å². The molecule has 2 aromatic carbocycles. The Hall–Kier alpha value is -2.40. The first-order valence-electron chi connectivity index (χ1n) is 8.51. The van der Waals surface area contributed by atoms with Crippen molar-refractivity contribution in [3.05, 3.63) is 48.0 Å². The third-order valence-electron chi connectivity index (χ3n) is 4.37. The number of rotatable bonds is 7. The van der Waals surface area contributed by atoms with Gasteiger partial charge >= 0.3 is 5.97 Å². The largest absolute Gasteiger partial charge is 0.469 e. The first-order valence-corrected chi connectivity index (χ1v) is 8.51. The van der Waals surface area contributed by atoms with Crippen molar-refractivity contribution in [2.75, 3.05) is 13.7 Å². The third-order valence-corrected chi connectivity index (χ3v) is 4.37. The summed E-state index contributed by atoms with van der Waals surface area (Å²) >= 11 is 0. The topological polar surface area (TPSA) is 81.4 Å². The smallest absolute Gasteiger partial charge is 0.310 e. The van der Waals surface area contributed by atoms with Gasteiger partial charge in [-0.05, 0) is 28.7 Å². The molecule has 0 spiro atoms. The molecule has 0 aliphatic carbocycles. The molecular formula is C20H26N2O3. The Morgan fingerprint density at radius 1 is 1.12 bits per heavy atom. The number of benzene rings is 2. The molecule has 25 heavy (non-hydrogen) atoms. The van der Waals surface area contributed by atoms with Crippen LogP contribution >= 0.6 is 0 Å². The molecule has 0 heterocycles. The summed E-state index contributed by atoms with van der Waals surface area (Å²) in [5, 5.41) is 5.04. The first kappa shape index (κ1) is 18.9. The number of nitrogens with two attached hydrogens (primary N) is 1. The summed E-state index contributed by atoms with van der Waals surface area (Å²) < 4.78 is 4.89. The van der Waals surface area contributed by atoms with Crippen LogP contribution in [0, 0.1) is 11.8 Å². The van der Waals surface area contributed by atoms with E-state index in [0.29, 0.717) is 6.42 Å². The zero-order valence-electron chi connectivity index (χ0n) is 15.0. The fourth-order valence-electron chi connectivity index (χ4n) is 2.70. The zero-order valence-corrected chi connectivity index (χ0v) is 15.0. The monoisotopic (exact) mass is 342 g/mol. The SMILES string of the molecule is COC(=O)C(CNC(=O)[C@@H](N)C(C)C)Cc1ccc2ccccc2c1. The Morgan fingerprint density at radius 3 is 2.44 bits per heavy atom. The van der Waals surface area contributed by atoms with Crippen molar-refractivity contribution in [1.82, 2.24) is 5.32 Å². The molecule has 3 N–H and O–H groups in total. The van der Waals surface area contributed by atoms with E-state index in [1.165, 1.54) is 7.11 Å². The Bertz CT molecular complexity index is 743. The number of amides is 1. The van der Waals surface area contributed by atoms with E-state index in [1.54, 1.807) is 0 Å². The summed E-state index contributed by atoms with van der Waals surface area (Å²) in [6.07, 6.45) is 0.495. The van der Waals surface area contributed by atoms with Crippen LogP contribution < -0.4 is 11.1 Å². The average molecular weight is 342 g/mol. The highest BCUT2D eigenvalue weighted by Crippen LogP contribution is 2.18. The number of hydrogen-bond donors (Lipinski definition) is 2. The quantitative estimate of drug-likeness (QED) is 0.756. The number of carbonyl (C=O) groups excluding carboxylic acids is 2. The van der Waals surface area contributed by atoms with Crippen LogP contribution in [0.1, 0.15) is 19.4 Å². The average Bonchev–Trinajstić information content (AvgIpc) is 2.63. The molecule has 0 saturated carbocycles. The molecule has 0 saturated heterocycles. The van der Waals surface area contributed by atoms with Crippen molar-refractivity contribution in [1.29, 1.82) is 0 Å². The predicted molar refractivity (Wildman–Crippen MR) is 99.0 cm³/mol. The lowest BCUT2D eigenvalue weighted by Gasteiger charge is -2.19. The highest BCUT2D eigenvalue weighted by atomic mass is 16.5. The van der Waals surface area contributed by atoms with Crippen LogP contribution in [0.4, 0.5) is 0 Å². The van der Waals surface area contributed by atoms with E-state index in [-0.39, 0.29) is 24.3 Å². The van der Waals surface area contributed by atoms with Gasteiger partial charge < -0.3 is 15.8 Å². The number of methoxy groups -OCH3 is 1. The second-order valence-electron chi connectivity index (χ2n) is 6.62. The highest BCUT2D eigenvalue weighted by Gasteiger charge is 2.23. The Morgan fingerprint density at radius 2 is 1.80 bits per heavy atom. The van der Waals surface area contributed by atoms with Crippen LogP contribution in [0.2, 0.25) is 0 Å². The normalized spacial score (nSPS) is 13.5. The maximum Gasteiger partial charge on any atom is 0.310 e. The second-order valence-corrected chi connectivity index (χ2v) is 6.62. The van der Waals surface area contributed by atoms with Gasteiger partial charge in [0.2, 0.25) is 5.91 Å². The molecule has 5 heteroatoms. The van der Waals surface area contributed by atoms with E-state index in [1.807, 2.05) is 50.2 Å². The van der Waals surface area contributed by atoms with Crippen molar-refractivity contribution in [2.24, 2.45) is 17.6 Å². The summed E-state index contributed by atoms with van der Waals surface area (Å²) in [7, 11) is 1.36. The number of carbonyl (C=O) groups is 2. The molecule has 0 aromatic heterocycles. The lowest BCUT2D eigenvalue weighted by molar-refractivity contribution is -0.145. The van der Waals surface area contributed by atoms with Gasteiger partial charge in [-0.3, -0.25) is 9.59 Å². The summed E-state index contributed by atoms with van der Waals surface area (Å²) in [6, 6.07) is 13.6. The maximum atomic E-state index is 12.1. The zero-order chi connectivity index (χ0) is 18.4. The number of ether oxygens (including phenoxy) is 1. The van der Waals surface area contributed by atoms with Gasteiger partial charge in [0, 0.05) is 6.54 Å². The van der Waals surface area contributed by atoms with Gasteiger partial charge in [0.15, 0.2) is 0 Å². The van der Waals surface area contributed by atoms with Gasteiger partial charge in [-0.2, -0.15) is 0 Å². The van der Waals surface area contributed by atoms with Crippen LogP contribution in [0.5, 0.6) is 0 Å². The summed E-state index contributed by atoms with van der Waals surface area (Å²) in [5.74, 6) is -1.000. The number of hydrogen-bond acceptors (Lipinski definition) is 4. The second kappa shape index (κ2) is 8.62. The molecule has 0 bridgehead atoms. The van der Waals surface area contributed by atoms with E-state index in [9.17, 15) is 9.59 Å². The number of fused-ring (bicyclic) bond motifs is 1. The van der Waals surface area contributed by atoms with E-state index >= 15 is 0 Å². The molecule has 1 unspecified atom stereocenters. The summed E-state index contributed by atoms with van der Waals surface area (Å²) in [5.41, 5.74) is 6.87. The Balaban J connectivity index is 2.08. The standard InChI is InChI=1S/C20H26N2O3/c1-13(2)18(21)19(23)22-12-17(20(24)25-3)11-14-8-9-15-6-4-5-7-16(15)10-14/h4-10,13,17-18H,11-12,21H2,1-3H3,(H,22,23)/t17?,18-/m0/s1. The third kappa shape index (κ3) is 5.03. The predicted octanol–water partition coefficient (Wildman–Crippen LogP) is 2.27. The van der Waals surface area contributed by atoms with Crippen molar-refractivity contribution < 1.29 is 14.3 Å². The fourth-order valence-corrected chi connectivity index (χ4v) is 2.70. The molecule has 134 valence electrons. The number of nitrogens with one attached hydrogen (secondary N) is 1. The summed E-state index contributed by atoms with van der Waals surface area (Å²) in [4.78, 5) is 24.1. The van der Waals surface area contributed by atoms with E-state index in [2.05, 4.69) is 11.4 Å². The maximum absolute atomic E-state index is 12.1. The molecule has 2 atom stereocenters. The van der Waals surface area contributed by atoms with Gasteiger partial charge in [0.05, 0.1) is 19.1 Å². The van der Waals surface area contributed by atoms with Crippen molar-refractivity contribution in [2.45, 2.75) is 26.3 Å². The van der Waals surface area contributed by atoms with Crippen molar-refractivity contribution >= 4 is 22.6 Å². The molecule has 0 aliphatic heterocycles. The van der Waals surface area contributed by atoms with Crippen molar-refractivity contribution in [3.63, 3.8) is 0 Å². The Labute approximate surface area is 148 Å². The first-order chi connectivity index (χ1) is 11.9. The molecule has 2 rings (SSSR count). The lowest BCUT2D eigenvalue weighted by atomic mass is 9.96. The van der Waals surface area contributed by atoms with Crippen LogP contribution in [0.15, 0.2) is 42.5 Å².